The maximum Gasteiger partial charge on any atom is 0.227 e. The summed E-state index contributed by atoms with van der Waals surface area (Å²) in [7, 11) is 3.43. The van der Waals surface area contributed by atoms with Crippen molar-refractivity contribution >= 4 is 11.6 Å². The molecule has 1 aliphatic carbocycles. The average Bonchev–Trinajstić information content (AvgIpc) is 2.41. The Balaban J connectivity index is 2.05. The van der Waals surface area contributed by atoms with E-state index >= 15 is 0 Å². The van der Waals surface area contributed by atoms with E-state index in [0.29, 0.717) is 13.0 Å². The molecule has 1 aromatic rings. The number of benzene rings is 1. The highest BCUT2D eigenvalue weighted by Gasteiger charge is 2.38. The molecular weight excluding hydrogens is 240 g/mol. The first-order valence-corrected chi connectivity index (χ1v) is 6.71. The van der Waals surface area contributed by atoms with Crippen LogP contribution in [0.3, 0.4) is 0 Å². The molecule has 0 spiro atoms. The summed E-state index contributed by atoms with van der Waals surface area (Å²) in [5.74, 6) is 0.882. The van der Waals surface area contributed by atoms with Crippen molar-refractivity contribution in [2.45, 2.75) is 25.7 Å². The minimum atomic E-state index is 0.0458. The van der Waals surface area contributed by atoms with Crippen LogP contribution in [0.25, 0.3) is 0 Å². The van der Waals surface area contributed by atoms with Crippen LogP contribution in [0.2, 0.25) is 0 Å². The molecule has 4 heteroatoms. The summed E-state index contributed by atoms with van der Waals surface area (Å²) in [6, 6.07) is 7.54. The van der Waals surface area contributed by atoms with Gasteiger partial charge in [0.1, 0.15) is 5.75 Å². The summed E-state index contributed by atoms with van der Waals surface area (Å²) in [6.45, 7) is 0.602. The number of rotatable bonds is 5. The predicted octanol–water partition coefficient (Wildman–Crippen LogP) is 2.18. The van der Waals surface area contributed by atoms with Crippen LogP contribution in [0.15, 0.2) is 24.3 Å². The second kappa shape index (κ2) is 5.61. The Morgan fingerprint density at radius 1 is 1.47 bits per heavy atom. The maximum absolute atomic E-state index is 12.3. The highest BCUT2D eigenvalue weighted by atomic mass is 16.5. The molecule has 0 bridgehead atoms. The lowest BCUT2D eigenvalue weighted by Gasteiger charge is -2.41. The number of amides is 1. The van der Waals surface area contributed by atoms with Gasteiger partial charge in [-0.15, -0.1) is 0 Å². The normalized spacial score (nSPS) is 16.6. The fraction of sp³-hybridized carbons (Fsp3) is 0.533. The summed E-state index contributed by atoms with van der Waals surface area (Å²) in [4.78, 5) is 14.0. The SMILES string of the molecule is COc1cccc(N(C)C(=O)CC2(CN)CCC2)c1. The molecule has 0 radical (unpaired) electrons. The number of nitrogens with two attached hydrogens (primary N) is 1. The Bertz CT molecular complexity index is 450. The van der Waals surface area contributed by atoms with Gasteiger partial charge in [0.15, 0.2) is 0 Å². The van der Waals surface area contributed by atoms with Gasteiger partial charge in [-0.3, -0.25) is 4.79 Å². The van der Waals surface area contributed by atoms with E-state index in [1.54, 1.807) is 19.1 Å². The van der Waals surface area contributed by atoms with Crippen LogP contribution in [-0.2, 0) is 4.79 Å². The quantitative estimate of drug-likeness (QED) is 0.885. The van der Waals surface area contributed by atoms with Gasteiger partial charge in [0, 0.05) is 25.2 Å². The monoisotopic (exact) mass is 262 g/mol. The Labute approximate surface area is 114 Å². The number of anilines is 1. The molecule has 0 aliphatic heterocycles. The molecule has 0 atom stereocenters. The second-order valence-electron chi connectivity index (χ2n) is 5.39. The minimum Gasteiger partial charge on any atom is -0.497 e. The van der Waals surface area contributed by atoms with Crippen molar-refractivity contribution in [2.24, 2.45) is 11.1 Å². The molecular formula is C15H22N2O2. The lowest BCUT2D eigenvalue weighted by Crippen LogP contribution is -2.42. The van der Waals surface area contributed by atoms with Gasteiger partial charge in [-0.1, -0.05) is 12.5 Å². The smallest absolute Gasteiger partial charge is 0.227 e. The molecule has 1 saturated carbocycles. The van der Waals surface area contributed by atoms with Gasteiger partial charge in [-0.2, -0.15) is 0 Å². The van der Waals surface area contributed by atoms with E-state index in [2.05, 4.69) is 0 Å². The topological polar surface area (TPSA) is 55.6 Å². The standard InChI is InChI=1S/C15H22N2O2/c1-17(12-5-3-6-13(9-12)19-2)14(18)10-15(11-16)7-4-8-15/h3,5-6,9H,4,7-8,10-11,16H2,1-2H3. The predicted molar refractivity (Wildman–Crippen MR) is 76.4 cm³/mol. The Kier molecular flexibility index (Phi) is 4.10. The fourth-order valence-electron chi connectivity index (χ4n) is 2.53. The van der Waals surface area contributed by atoms with Crippen molar-refractivity contribution in [3.63, 3.8) is 0 Å². The molecule has 1 aromatic carbocycles. The summed E-state index contributed by atoms with van der Waals surface area (Å²) in [6.07, 6.45) is 3.87. The summed E-state index contributed by atoms with van der Waals surface area (Å²) in [5.41, 5.74) is 6.71. The van der Waals surface area contributed by atoms with Crippen LogP contribution in [0.4, 0.5) is 5.69 Å². The third-order valence-electron chi connectivity index (χ3n) is 4.19. The lowest BCUT2D eigenvalue weighted by molar-refractivity contribution is -0.121. The van der Waals surface area contributed by atoms with E-state index in [1.165, 1.54) is 6.42 Å². The van der Waals surface area contributed by atoms with E-state index in [9.17, 15) is 4.79 Å². The van der Waals surface area contributed by atoms with Crippen molar-refractivity contribution in [2.75, 3.05) is 25.6 Å². The summed E-state index contributed by atoms with van der Waals surface area (Å²) < 4.78 is 5.18. The van der Waals surface area contributed by atoms with E-state index in [0.717, 1.165) is 24.3 Å². The number of methoxy groups -OCH3 is 1. The van der Waals surface area contributed by atoms with Crippen LogP contribution >= 0.6 is 0 Å². The van der Waals surface area contributed by atoms with Crippen molar-refractivity contribution < 1.29 is 9.53 Å². The first-order chi connectivity index (χ1) is 9.10. The van der Waals surface area contributed by atoms with Gasteiger partial charge in [0.25, 0.3) is 0 Å². The zero-order valence-corrected chi connectivity index (χ0v) is 11.7. The van der Waals surface area contributed by atoms with Gasteiger partial charge in [-0.05, 0) is 36.9 Å². The van der Waals surface area contributed by atoms with Crippen molar-refractivity contribution in [1.82, 2.24) is 0 Å². The molecule has 19 heavy (non-hydrogen) atoms. The molecule has 0 heterocycles. The van der Waals surface area contributed by atoms with E-state index in [4.69, 9.17) is 10.5 Å². The first-order valence-electron chi connectivity index (χ1n) is 6.71. The minimum absolute atomic E-state index is 0.0458. The molecule has 104 valence electrons. The third kappa shape index (κ3) is 2.89. The summed E-state index contributed by atoms with van der Waals surface area (Å²) >= 11 is 0. The van der Waals surface area contributed by atoms with Crippen LogP contribution in [0.5, 0.6) is 5.75 Å². The average molecular weight is 262 g/mol. The molecule has 4 nitrogen and oxygen atoms in total. The largest absolute Gasteiger partial charge is 0.497 e. The Morgan fingerprint density at radius 2 is 2.21 bits per heavy atom. The lowest BCUT2D eigenvalue weighted by atomic mass is 9.66. The molecule has 2 N–H and O–H groups in total. The molecule has 0 saturated heterocycles. The van der Waals surface area contributed by atoms with Crippen LogP contribution in [0.1, 0.15) is 25.7 Å². The highest BCUT2D eigenvalue weighted by molar-refractivity contribution is 5.93. The number of hydrogen-bond donors (Lipinski definition) is 1. The maximum atomic E-state index is 12.3. The number of carbonyl (C=O) groups is 1. The van der Waals surface area contributed by atoms with E-state index < -0.39 is 0 Å². The van der Waals surface area contributed by atoms with Crippen molar-refractivity contribution in [3.05, 3.63) is 24.3 Å². The zero-order chi connectivity index (χ0) is 13.9. The third-order valence-corrected chi connectivity index (χ3v) is 4.19. The molecule has 0 aromatic heterocycles. The number of ether oxygens (including phenoxy) is 1. The van der Waals surface area contributed by atoms with Gasteiger partial charge in [0.05, 0.1) is 7.11 Å². The molecule has 0 unspecified atom stereocenters. The van der Waals surface area contributed by atoms with Gasteiger partial charge >= 0.3 is 0 Å². The van der Waals surface area contributed by atoms with Crippen LogP contribution in [-0.4, -0.2) is 26.6 Å². The molecule has 2 rings (SSSR count). The summed E-state index contributed by atoms with van der Waals surface area (Å²) in [5, 5.41) is 0. The molecule has 1 amide bonds. The van der Waals surface area contributed by atoms with Gasteiger partial charge in [-0.25, -0.2) is 0 Å². The van der Waals surface area contributed by atoms with Gasteiger partial charge < -0.3 is 15.4 Å². The second-order valence-corrected chi connectivity index (χ2v) is 5.39. The van der Waals surface area contributed by atoms with E-state index in [-0.39, 0.29) is 11.3 Å². The van der Waals surface area contributed by atoms with Crippen molar-refractivity contribution in [1.29, 1.82) is 0 Å². The molecule has 1 aliphatic rings. The molecule has 1 fully saturated rings. The number of hydrogen-bond acceptors (Lipinski definition) is 3. The van der Waals surface area contributed by atoms with Crippen molar-refractivity contribution in [3.8, 4) is 5.75 Å². The highest BCUT2D eigenvalue weighted by Crippen LogP contribution is 2.43. The van der Waals surface area contributed by atoms with E-state index in [1.807, 2.05) is 24.3 Å². The number of nitrogens with zero attached hydrogens (tertiary/aromatic N) is 1. The van der Waals surface area contributed by atoms with Crippen LogP contribution in [0, 0.1) is 5.41 Å². The van der Waals surface area contributed by atoms with Crippen LogP contribution < -0.4 is 15.4 Å². The van der Waals surface area contributed by atoms with Gasteiger partial charge in [0.2, 0.25) is 5.91 Å². The Morgan fingerprint density at radius 3 is 2.74 bits per heavy atom. The number of carbonyl (C=O) groups excluding carboxylic acids is 1. The zero-order valence-electron chi connectivity index (χ0n) is 11.7. The first kappa shape index (κ1) is 13.9. The fourth-order valence-corrected chi connectivity index (χ4v) is 2.53. The Hall–Kier alpha value is -1.55.